The lowest BCUT2D eigenvalue weighted by Crippen LogP contribution is -2.52. The first-order valence-corrected chi connectivity index (χ1v) is 10.6. The van der Waals surface area contributed by atoms with E-state index in [0.29, 0.717) is 62.2 Å². The molecule has 10 heteroatoms. The maximum atomic E-state index is 14.1. The monoisotopic (exact) mass is 441 g/mol. The van der Waals surface area contributed by atoms with Crippen LogP contribution in [0.5, 0.6) is 0 Å². The van der Waals surface area contributed by atoms with Gasteiger partial charge in [0.2, 0.25) is 0 Å². The van der Waals surface area contributed by atoms with Gasteiger partial charge in [0.1, 0.15) is 17.3 Å². The largest absolute Gasteiger partial charge is 0.366 e. The van der Waals surface area contributed by atoms with Gasteiger partial charge in [-0.3, -0.25) is 9.98 Å². The van der Waals surface area contributed by atoms with Gasteiger partial charge in [0.05, 0.1) is 5.69 Å². The number of halogens is 2. The molecule has 3 heterocycles. The molecule has 0 unspecified atom stereocenters. The van der Waals surface area contributed by atoms with Gasteiger partial charge in [0.15, 0.2) is 11.8 Å². The Hall–Kier alpha value is -3.56. The van der Waals surface area contributed by atoms with Crippen molar-refractivity contribution in [3.63, 3.8) is 0 Å². The van der Waals surface area contributed by atoms with Crippen LogP contribution in [0.3, 0.4) is 0 Å². The van der Waals surface area contributed by atoms with Crippen molar-refractivity contribution in [1.29, 1.82) is 0 Å². The summed E-state index contributed by atoms with van der Waals surface area (Å²) in [6.07, 6.45) is 2.20. The zero-order valence-corrected chi connectivity index (χ0v) is 17.8. The molecule has 4 rings (SSSR count). The quantitative estimate of drug-likeness (QED) is 0.465. The lowest BCUT2D eigenvalue weighted by molar-refractivity contribution is 0.370. The number of rotatable bonds is 6. The van der Waals surface area contributed by atoms with Gasteiger partial charge in [-0.2, -0.15) is 4.98 Å². The SMILES string of the molecule is CCNC(=NCCc1noc(-c2ccccn2)n1)N1CCN(c2cc(F)ccc2F)CC1. The number of piperazine rings is 1. The van der Waals surface area contributed by atoms with E-state index in [-0.39, 0.29) is 0 Å². The minimum Gasteiger partial charge on any atom is -0.366 e. The first-order chi connectivity index (χ1) is 15.6. The third-order valence-electron chi connectivity index (χ3n) is 5.11. The Kier molecular flexibility index (Phi) is 6.88. The highest BCUT2D eigenvalue weighted by molar-refractivity contribution is 5.80. The lowest BCUT2D eigenvalue weighted by Gasteiger charge is -2.37. The molecule has 168 valence electrons. The summed E-state index contributed by atoms with van der Waals surface area (Å²) in [5, 5.41) is 7.30. The summed E-state index contributed by atoms with van der Waals surface area (Å²) in [5.74, 6) is 0.881. The van der Waals surface area contributed by atoms with Crippen LogP contribution in [0.1, 0.15) is 12.7 Å². The molecule has 8 nitrogen and oxygen atoms in total. The fourth-order valence-corrected chi connectivity index (χ4v) is 3.52. The van der Waals surface area contributed by atoms with E-state index in [2.05, 4.69) is 30.3 Å². The van der Waals surface area contributed by atoms with E-state index in [1.807, 2.05) is 30.0 Å². The number of aromatic nitrogens is 3. The van der Waals surface area contributed by atoms with Gasteiger partial charge in [0, 0.05) is 58.0 Å². The Morgan fingerprint density at radius 1 is 1.16 bits per heavy atom. The zero-order chi connectivity index (χ0) is 22.3. The van der Waals surface area contributed by atoms with E-state index < -0.39 is 11.6 Å². The highest BCUT2D eigenvalue weighted by Gasteiger charge is 2.22. The van der Waals surface area contributed by atoms with Crippen molar-refractivity contribution in [2.75, 3.05) is 44.2 Å². The highest BCUT2D eigenvalue weighted by Crippen LogP contribution is 2.22. The minimum absolute atomic E-state index is 0.299. The van der Waals surface area contributed by atoms with Crippen molar-refractivity contribution in [1.82, 2.24) is 25.3 Å². The number of hydrogen-bond acceptors (Lipinski definition) is 6. The summed E-state index contributed by atoms with van der Waals surface area (Å²) >= 11 is 0. The predicted octanol–water partition coefficient (Wildman–Crippen LogP) is 2.74. The van der Waals surface area contributed by atoms with Gasteiger partial charge in [-0.05, 0) is 31.2 Å². The van der Waals surface area contributed by atoms with Crippen LogP contribution in [0.15, 0.2) is 52.1 Å². The average Bonchev–Trinajstić information content (AvgIpc) is 3.30. The normalized spacial score (nSPS) is 14.7. The van der Waals surface area contributed by atoms with Crippen molar-refractivity contribution < 1.29 is 13.3 Å². The number of hydrogen-bond donors (Lipinski definition) is 1. The van der Waals surface area contributed by atoms with Crippen LogP contribution in [0, 0.1) is 11.6 Å². The molecule has 1 N–H and O–H groups in total. The topological polar surface area (TPSA) is 82.7 Å². The number of aliphatic imine (C=N–C) groups is 1. The second kappa shape index (κ2) is 10.2. The van der Waals surface area contributed by atoms with Crippen molar-refractivity contribution in [2.45, 2.75) is 13.3 Å². The summed E-state index contributed by atoms with van der Waals surface area (Å²) in [6, 6.07) is 9.05. The van der Waals surface area contributed by atoms with Gasteiger partial charge in [-0.1, -0.05) is 11.2 Å². The molecule has 0 aliphatic carbocycles. The van der Waals surface area contributed by atoms with Crippen LogP contribution in [0.25, 0.3) is 11.6 Å². The Labute approximate surface area is 185 Å². The van der Waals surface area contributed by atoms with Crippen LogP contribution in [0.4, 0.5) is 14.5 Å². The maximum absolute atomic E-state index is 14.1. The van der Waals surface area contributed by atoms with Crippen molar-refractivity contribution in [3.05, 3.63) is 60.1 Å². The fourth-order valence-electron chi connectivity index (χ4n) is 3.52. The number of guanidine groups is 1. The van der Waals surface area contributed by atoms with Crippen LogP contribution in [-0.2, 0) is 6.42 Å². The van der Waals surface area contributed by atoms with Crippen LogP contribution < -0.4 is 10.2 Å². The number of anilines is 1. The Bertz CT molecular complexity index is 1050. The van der Waals surface area contributed by atoms with Gasteiger partial charge < -0.3 is 19.6 Å². The molecule has 1 aliphatic heterocycles. The molecule has 1 fully saturated rings. The summed E-state index contributed by atoms with van der Waals surface area (Å²) in [5.41, 5.74) is 0.933. The van der Waals surface area contributed by atoms with E-state index in [4.69, 9.17) is 4.52 Å². The standard InChI is InChI=1S/C22H25F2N7O/c1-2-25-22(27-10-8-20-28-21(32-29-20)18-5-3-4-9-26-18)31-13-11-30(12-14-31)19-15-16(23)6-7-17(19)24/h3-7,9,15H,2,8,10-14H2,1H3,(H,25,27). The molecular formula is C22H25F2N7O. The van der Waals surface area contributed by atoms with E-state index in [1.54, 1.807) is 6.20 Å². The third kappa shape index (κ3) is 5.19. The molecule has 1 aliphatic rings. The molecular weight excluding hydrogens is 416 g/mol. The van der Waals surface area contributed by atoms with E-state index in [9.17, 15) is 8.78 Å². The van der Waals surface area contributed by atoms with Crippen molar-refractivity contribution in [3.8, 4) is 11.6 Å². The second-order valence-corrected chi connectivity index (χ2v) is 7.29. The van der Waals surface area contributed by atoms with Crippen LogP contribution in [-0.4, -0.2) is 65.3 Å². The molecule has 0 amide bonds. The van der Waals surface area contributed by atoms with Gasteiger partial charge in [-0.15, -0.1) is 0 Å². The minimum atomic E-state index is -0.439. The molecule has 0 radical (unpaired) electrons. The first kappa shape index (κ1) is 21.7. The summed E-state index contributed by atoms with van der Waals surface area (Å²) in [4.78, 5) is 17.2. The van der Waals surface area contributed by atoms with Crippen molar-refractivity contribution >= 4 is 11.6 Å². The Balaban J connectivity index is 1.35. The van der Waals surface area contributed by atoms with Crippen molar-refractivity contribution in [2.24, 2.45) is 4.99 Å². The number of nitrogens with zero attached hydrogens (tertiary/aromatic N) is 6. The highest BCUT2D eigenvalue weighted by atomic mass is 19.1. The Morgan fingerprint density at radius 3 is 2.75 bits per heavy atom. The van der Waals surface area contributed by atoms with Crippen LogP contribution in [0.2, 0.25) is 0 Å². The van der Waals surface area contributed by atoms with Gasteiger partial charge in [0.25, 0.3) is 5.89 Å². The molecule has 0 spiro atoms. The number of nitrogens with one attached hydrogen (secondary N) is 1. The average molecular weight is 441 g/mol. The first-order valence-electron chi connectivity index (χ1n) is 10.6. The maximum Gasteiger partial charge on any atom is 0.276 e. The molecule has 2 aromatic heterocycles. The lowest BCUT2D eigenvalue weighted by atomic mass is 10.2. The zero-order valence-electron chi connectivity index (χ0n) is 17.8. The predicted molar refractivity (Wildman–Crippen MR) is 117 cm³/mol. The summed E-state index contributed by atoms with van der Waals surface area (Å²) in [7, 11) is 0. The fraction of sp³-hybridized carbons (Fsp3) is 0.364. The number of benzene rings is 1. The van der Waals surface area contributed by atoms with E-state index in [0.717, 1.165) is 18.6 Å². The smallest absolute Gasteiger partial charge is 0.276 e. The molecule has 3 aromatic rings. The third-order valence-corrected chi connectivity index (χ3v) is 5.11. The van der Waals surface area contributed by atoms with E-state index in [1.165, 1.54) is 12.1 Å². The van der Waals surface area contributed by atoms with Crippen LogP contribution >= 0.6 is 0 Å². The van der Waals surface area contributed by atoms with E-state index >= 15 is 0 Å². The summed E-state index contributed by atoms with van der Waals surface area (Å²) < 4.78 is 32.9. The summed E-state index contributed by atoms with van der Waals surface area (Å²) in [6.45, 7) is 5.66. The molecule has 0 saturated carbocycles. The molecule has 1 saturated heterocycles. The Morgan fingerprint density at radius 2 is 2.00 bits per heavy atom. The number of pyridine rings is 1. The molecule has 1 aromatic carbocycles. The molecule has 32 heavy (non-hydrogen) atoms. The molecule has 0 bridgehead atoms. The second-order valence-electron chi connectivity index (χ2n) is 7.29. The molecule has 0 atom stereocenters. The van der Waals surface area contributed by atoms with Gasteiger partial charge in [-0.25, -0.2) is 8.78 Å². The van der Waals surface area contributed by atoms with Gasteiger partial charge >= 0.3 is 0 Å².